The minimum Gasteiger partial charge on any atom is -0.391 e. The minimum atomic E-state index is -4.31. The lowest BCUT2D eigenvalue weighted by molar-refractivity contribution is -0.122. The molecule has 2 atom stereocenters. The third kappa shape index (κ3) is 37.8. The molecule has 3 N–H and O–H groups in total. The standard InChI is InChI=1S/C43H81NO5S/c1-3-5-7-9-11-13-15-17-19-20-21-22-23-24-25-27-29-31-33-35-37-39-43(46)44-41(40-50(47,48)49)42(45)38-36-34-32-30-28-26-18-16-14-12-10-8-6-4-2/h15,17,20-21,23-24,41-42,45H,3-14,16,18-19,22,25-40H2,1-2H3,(H,44,46)(H,47,48,49)/b17-15-,21-20-,24-23-. The van der Waals surface area contributed by atoms with Gasteiger partial charge in [-0.2, -0.15) is 8.42 Å². The van der Waals surface area contributed by atoms with Crippen molar-refractivity contribution in [3.8, 4) is 0 Å². The fraction of sp³-hybridized carbons (Fsp3) is 0.837. The lowest BCUT2D eigenvalue weighted by Crippen LogP contribution is -2.47. The molecule has 50 heavy (non-hydrogen) atoms. The van der Waals surface area contributed by atoms with E-state index in [4.69, 9.17) is 0 Å². The molecule has 0 aliphatic heterocycles. The molecule has 1 amide bonds. The number of allylic oxidation sites excluding steroid dienone is 6. The SMILES string of the molecule is CCCCCCC/C=C\C/C=C\C/C=C\CCCCCCCCC(=O)NC(CS(=O)(=O)O)C(O)CCCCCCCCCCCCCCCC. The number of unbranched alkanes of at least 4 members (excludes halogenated alkanes) is 24. The molecule has 294 valence electrons. The van der Waals surface area contributed by atoms with Crippen molar-refractivity contribution in [1.82, 2.24) is 5.32 Å². The van der Waals surface area contributed by atoms with Gasteiger partial charge >= 0.3 is 0 Å². The predicted octanol–water partition coefficient (Wildman–Crippen LogP) is 12.5. The van der Waals surface area contributed by atoms with Gasteiger partial charge in [0.1, 0.15) is 0 Å². The van der Waals surface area contributed by atoms with Gasteiger partial charge in [0.05, 0.1) is 17.9 Å². The predicted molar refractivity (Wildman–Crippen MR) is 216 cm³/mol. The van der Waals surface area contributed by atoms with Crippen molar-refractivity contribution in [2.75, 3.05) is 5.75 Å². The van der Waals surface area contributed by atoms with Crippen LogP contribution >= 0.6 is 0 Å². The highest BCUT2D eigenvalue weighted by molar-refractivity contribution is 7.85. The Morgan fingerprint density at radius 1 is 0.540 bits per heavy atom. The second-order valence-electron chi connectivity index (χ2n) is 14.6. The Bertz CT molecular complexity index is 930. The summed E-state index contributed by atoms with van der Waals surface area (Å²) in [5.41, 5.74) is 0. The summed E-state index contributed by atoms with van der Waals surface area (Å²) in [6.45, 7) is 4.51. The van der Waals surface area contributed by atoms with Crippen LogP contribution < -0.4 is 5.32 Å². The zero-order chi connectivity index (χ0) is 36.8. The molecule has 0 rings (SSSR count). The third-order valence-corrected chi connectivity index (χ3v) is 10.4. The molecule has 0 radical (unpaired) electrons. The largest absolute Gasteiger partial charge is 0.391 e. The zero-order valence-electron chi connectivity index (χ0n) is 32.8. The smallest absolute Gasteiger partial charge is 0.266 e. The van der Waals surface area contributed by atoms with Gasteiger partial charge in [-0.25, -0.2) is 0 Å². The molecule has 0 spiro atoms. The van der Waals surface area contributed by atoms with Crippen LogP contribution in [0.4, 0.5) is 0 Å². The van der Waals surface area contributed by atoms with Crippen LogP contribution in [0.2, 0.25) is 0 Å². The van der Waals surface area contributed by atoms with E-state index in [2.05, 4.69) is 55.6 Å². The fourth-order valence-corrected chi connectivity index (χ4v) is 7.16. The molecule has 0 aromatic carbocycles. The van der Waals surface area contributed by atoms with Crippen LogP contribution in [-0.2, 0) is 14.9 Å². The highest BCUT2D eigenvalue weighted by Crippen LogP contribution is 2.16. The van der Waals surface area contributed by atoms with E-state index in [1.54, 1.807) is 0 Å². The van der Waals surface area contributed by atoms with Crippen molar-refractivity contribution >= 4 is 16.0 Å². The van der Waals surface area contributed by atoms with Gasteiger partial charge < -0.3 is 10.4 Å². The average Bonchev–Trinajstić information content (AvgIpc) is 3.08. The maximum atomic E-state index is 12.5. The molecule has 0 bridgehead atoms. The number of nitrogens with one attached hydrogen (secondary N) is 1. The number of aliphatic hydroxyl groups is 1. The van der Waals surface area contributed by atoms with Crippen LogP contribution in [0.5, 0.6) is 0 Å². The Morgan fingerprint density at radius 2 is 0.900 bits per heavy atom. The fourth-order valence-electron chi connectivity index (χ4n) is 6.40. The summed E-state index contributed by atoms with van der Waals surface area (Å²) in [4.78, 5) is 12.5. The topological polar surface area (TPSA) is 104 Å². The number of rotatable bonds is 38. The first-order valence-electron chi connectivity index (χ1n) is 21.2. The lowest BCUT2D eigenvalue weighted by Gasteiger charge is -2.23. The van der Waals surface area contributed by atoms with Crippen molar-refractivity contribution in [1.29, 1.82) is 0 Å². The van der Waals surface area contributed by atoms with E-state index < -0.39 is 28.0 Å². The van der Waals surface area contributed by atoms with Crippen molar-refractivity contribution in [3.63, 3.8) is 0 Å². The summed E-state index contributed by atoms with van der Waals surface area (Å²) in [6.07, 6.45) is 48.0. The first-order valence-corrected chi connectivity index (χ1v) is 22.8. The number of carbonyl (C=O) groups excluding carboxylic acids is 1. The lowest BCUT2D eigenvalue weighted by atomic mass is 10.0. The average molecular weight is 724 g/mol. The van der Waals surface area contributed by atoms with Gasteiger partial charge in [-0.15, -0.1) is 0 Å². The number of amides is 1. The molecule has 0 aromatic heterocycles. The van der Waals surface area contributed by atoms with E-state index in [0.717, 1.165) is 64.2 Å². The third-order valence-electron chi connectivity index (χ3n) is 9.60. The van der Waals surface area contributed by atoms with Gasteiger partial charge in [0.15, 0.2) is 0 Å². The molecular formula is C43H81NO5S. The van der Waals surface area contributed by atoms with Crippen LogP contribution in [0.15, 0.2) is 36.5 Å². The van der Waals surface area contributed by atoms with E-state index in [9.17, 15) is 22.9 Å². The Morgan fingerprint density at radius 3 is 1.32 bits per heavy atom. The van der Waals surface area contributed by atoms with E-state index >= 15 is 0 Å². The molecule has 0 heterocycles. The van der Waals surface area contributed by atoms with Crippen LogP contribution in [0.3, 0.4) is 0 Å². The molecule has 0 fully saturated rings. The Labute approximate surface area is 310 Å². The monoisotopic (exact) mass is 724 g/mol. The van der Waals surface area contributed by atoms with Crippen LogP contribution in [-0.4, -0.2) is 41.9 Å². The van der Waals surface area contributed by atoms with E-state index in [-0.39, 0.29) is 5.91 Å². The van der Waals surface area contributed by atoms with E-state index in [1.807, 2.05) is 0 Å². The molecule has 0 aromatic rings. The summed E-state index contributed by atoms with van der Waals surface area (Å²) in [7, 11) is -4.31. The maximum Gasteiger partial charge on any atom is 0.266 e. The van der Waals surface area contributed by atoms with Crippen molar-refractivity contribution in [2.45, 2.75) is 225 Å². The van der Waals surface area contributed by atoms with Gasteiger partial charge in [0, 0.05) is 6.42 Å². The zero-order valence-corrected chi connectivity index (χ0v) is 33.6. The van der Waals surface area contributed by atoms with Gasteiger partial charge in [-0.3, -0.25) is 9.35 Å². The second-order valence-corrected chi connectivity index (χ2v) is 16.1. The minimum absolute atomic E-state index is 0.258. The summed E-state index contributed by atoms with van der Waals surface area (Å²) >= 11 is 0. The number of hydrogen-bond acceptors (Lipinski definition) is 4. The van der Waals surface area contributed by atoms with Crippen LogP contribution in [0.25, 0.3) is 0 Å². The Balaban J connectivity index is 3.88. The summed E-state index contributed by atoms with van der Waals surface area (Å²) in [6, 6.07) is -0.977. The van der Waals surface area contributed by atoms with Crippen molar-refractivity contribution in [2.24, 2.45) is 0 Å². The normalized spacial score (nSPS) is 13.6. The van der Waals surface area contributed by atoms with Gasteiger partial charge in [0.2, 0.25) is 5.91 Å². The molecule has 7 heteroatoms. The molecule has 0 aliphatic rings. The Hall–Kier alpha value is -1.44. The molecular weight excluding hydrogens is 643 g/mol. The van der Waals surface area contributed by atoms with Crippen LogP contribution in [0.1, 0.15) is 213 Å². The molecule has 0 aliphatic carbocycles. The maximum absolute atomic E-state index is 12.5. The summed E-state index contributed by atoms with van der Waals surface area (Å²) < 4.78 is 32.5. The summed E-state index contributed by atoms with van der Waals surface area (Å²) in [5, 5.41) is 13.3. The molecule has 6 nitrogen and oxygen atoms in total. The van der Waals surface area contributed by atoms with Crippen molar-refractivity contribution in [3.05, 3.63) is 36.5 Å². The molecule has 0 saturated carbocycles. The molecule has 0 saturated heterocycles. The highest BCUT2D eigenvalue weighted by Gasteiger charge is 2.26. The first-order chi connectivity index (χ1) is 24.3. The van der Waals surface area contributed by atoms with E-state index in [0.29, 0.717) is 12.8 Å². The van der Waals surface area contributed by atoms with E-state index in [1.165, 1.54) is 122 Å². The molecule has 2 unspecified atom stereocenters. The van der Waals surface area contributed by atoms with Gasteiger partial charge in [-0.05, 0) is 51.4 Å². The van der Waals surface area contributed by atoms with Crippen molar-refractivity contribution < 1.29 is 22.9 Å². The van der Waals surface area contributed by atoms with Gasteiger partial charge in [0.25, 0.3) is 10.1 Å². The first kappa shape index (κ1) is 48.6. The van der Waals surface area contributed by atoms with Gasteiger partial charge in [-0.1, -0.05) is 192 Å². The number of aliphatic hydroxyl groups excluding tert-OH is 1. The quantitative estimate of drug-likeness (QED) is 0.0334. The number of hydrogen-bond donors (Lipinski definition) is 3. The highest BCUT2D eigenvalue weighted by atomic mass is 32.2. The van der Waals surface area contributed by atoms with Crippen LogP contribution in [0, 0.1) is 0 Å². The second kappa shape index (κ2) is 37.3. The number of carbonyl (C=O) groups is 1. The summed E-state index contributed by atoms with van der Waals surface area (Å²) in [5.74, 6) is -0.911. The Kier molecular flexibility index (Phi) is 36.2.